The van der Waals surface area contributed by atoms with E-state index in [0.717, 1.165) is 49.3 Å². The quantitative estimate of drug-likeness (QED) is 0.701. The molecule has 1 aliphatic rings. The van der Waals surface area contributed by atoms with Gasteiger partial charge in [-0.25, -0.2) is 0 Å². The predicted octanol–water partition coefficient (Wildman–Crippen LogP) is 4.03. The summed E-state index contributed by atoms with van der Waals surface area (Å²) in [6, 6.07) is 13.9. The van der Waals surface area contributed by atoms with Gasteiger partial charge in [0, 0.05) is 44.0 Å². The lowest BCUT2D eigenvalue weighted by molar-refractivity contribution is -0.135. The zero-order chi connectivity index (χ0) is 19.8. The smallest absolute Gasteiger partial charge is 0.223 e. The molecular weight excluding hydrogens is 352 g/mol. The Morgan fingerprint density at radius 1 is 1.11 bits per heavy atom. The van der Waals surface area contributed by atoms with E-state index < -0.39 is 0 Å². The predicted molar refractivity (Wildman–Crippen MR) is 110 cm³/mol. The van der Waals surface area contributed by atoms with Gasteiger partial charge in [-0.3, -0.25) is 9.59 Å². The first-order valence-corrected chi connectivity index (χ1v) is 10.4. The molecule has 0 spiro atoms. The summed E-state index contributed by atoms with van der Waals surface area (Å²) in [7, 11) is 0. The fraction of sp³-hybridized carbons (Fsp3) is 0.478. The van der Waals surface area contributed by atoms with E-state index in [-0.39, 0.29) is 17.7 Å². The number of hydrogen-bond donors (Lipinski definition) is 1. The number of rotatable bonds is 8. The van der Waals surface area contributed by atoms with Gasteiger partial charge in [-0.05, 0) is 31.4 Å². The topological polar surface area (TPSA) is 62.6 Å². The largest absolute Gasteiger partial charge is 0.461 e. The van der Waals surface area contributed by atoms with Crippen molar-refractivity contribution in [3.05, 3.63) is 48.2 Å². The fourth-order valence-corrected chi connectivity index (χ4v) is 3.58. The van der Waals surface area contributed by atoms with Crippen LogP contribution in [0.3, 0.4) is 0 Å². The minimum atomic E-state index is 0.0411. The highest BCUT2D eigenvalue weighted by Crippen LogP contribution is 2.23. The van der Waals surface area contributed by atoms with Crippen molar-refractivity contribution in [3.8, 4) is 11.3 Å². The molecule has 1 saturated heterocycles. The van der Waals surface area contributed by atoms with Gasteiger partial charge in [0.2, 0.25) is 11.8 Å². The number of likely N-dealkylation sites (tertiary alicyclic amines) is 1. The van der Waals surface area contributed by atoms with Gasteiger partial charge in [-0.1, -0.05) is 43.7 Å². The van der Waals surface area contributed by atoms with Crippen LogP contribution in [0.4, 0.5) is 0 Å². The summed E-state index contributed by atoms with van der Waals surface area (Å²) >= 11 is 0. The van der Waals surface area contributed by atoms with Crippen molar-refractivity contribution in [1.82, 2.24) is 10.2 Å². The van der Waals surface area contributed by atoms with E-state index in [1.54, 1.807) is 0 Å². The molecule has 2 heterocycles. The number of carbonyl (C=O) groups is 2. The summed E-state index contributed by atoms with van der Waals surface area (Å²) in [5.41, 5.74) is 1.04. The number of piperidine rings is 1. The number of aryl methyl sites for hydroxylation is 1. The SMILES string of the molecule is CCCCNC(=O)C1CCN(C(=O)CCc2ccc(-c3ccccc3)o2)CC1. The van der Waals surface area contributed by atoms with Crippen molar-refractivity contribution in [3.63, 3.8) is 0 Å². The van der Waals surface area contributed by atoms with E-state index in [0.29, 0.717) is 25.9 Å². The van der Waals surface area contributed by atoms with Crippen LogP contribution in [0.25, 0.3) is 11.3 Å². The average molecular weight is 383 g/mol. The fourth-order valence-electron chi connectivity index (χ4n) is 3.58. The van der Waals surface area contributed by atoms with Crippen LogP contribution in [-0.2, 0) is 16.0 Å². The van der Waals surface area contributed by atoms with Gasteiger partial charge in [0.1, 0.15) is 11.5 Å². The van der Waals surface area contributed by atoms with E-state index in [4.69, 9.17) is 4.42 Å². The Morgan fingerprint density at radius 3 is 2.57 bits per heavy atom. The molecule has 1 aromatic carbocycles. The number of nitrogens with zero attached hydrogens (tertiary/aromatic N) is 1. The zero-order valence-corrected chi connectivity index (χ0v) is 16.7. The Morgan fingerprint density at radius 2 is 1.86 bits per heavy atom. The third-order valence-electron chi connectivity index (χ3n) is 5.35. The molecule has 150 valence electrons. The van der Waals surface area contributed by atoms with Crippen molar-refractivity contribution in [2.75, 3.05) is 19.6 Å². The molecular formula is C23H30N2O3. The van der Waals surface area contributed by atoms with E-state index in [1.165, 1.54) is 0 Å². The molecule has 1 aliphatic heterocycles. The molecule has 0 aliphatic carbocycles. The molecule has 28 heavy (non-hydrogen) atoms. The number of benzene rings is 1. The summed E-state index contributed by atoms with van der Waals surface area (Å²) in [5.74, 6) is 1.99. The summed E-state index contributed by atoms with van der Waals surface area (Å²) in [4.78, 5) is 26.6. The number of carbonyl (C=O) groups excluding carboxylic acids is 2. The number of unbranched alkanes of at least 4 members (excludes halogenated alkanes) is 1. The minimum Gasteiger partial charge on any atom is -0.461 e. The third kappa shape index (κ3) is 5.47. The first kappa shape index (κ1) is 20.2. The standard InChI is InChI=1S/C23H30N2O3/c1-2-3-15-24-23(27)19-13-16-25(17-14-19)22(26)12-10-20-9-11-21(28-20)18-7-5-4-6-8-18/h4-9,11,19H,2-3,10,12-17H2,1H3,(H,24,27). The molecule has 2 aromatic rings. The molecule has 5 nitrogen and oxygen atoms in total. The van der Waals surface area contributed by atoms with Crippen LogP contribution >= 0.6 is 0 Å². The summed E-state index contributed by atoms with van der Waals surface area (Å²) in [5, 5.41) is 3.01. The number of amides is 2. The lowest BCUT2D eigenvalue weighted by Crippen LogP contribution is -2.43. The van der Waals surface area contributed by atoms with Crippen LogP contribution in [0, 0.1) is 5.92 Å². The first-order valence-electron chi connectivity index (χ1n) is 10.4. The second kappa shape index (κ2) is 10.1. The normalized spacial score (nSPS) is 14.8. The summed E-state index contributed by atoms with van der Waals surface area (Å²) in [6.45, 7) is 4.19. The molecule has 0 bridgehead atoms. The lowest BCUT2D eigenvalue weighted by atomic mass is 9.95. The molecule has 1 aromatic heterocycles. The maximum atomic E-state index is 12.5. The molecule has 0 saturated carbocycles. The Balaban J connectivity index is 1.41. The molecule has 2 amide bonds. The van der Waals surface area contributed by atoms with Crippen molar-refractivity contribution >= 4 is 11.8 Å². The van der Waals surface area contributed by atoms with E-state index in [2.05, 4.69) is 12.2 Å². The van der Waals surface area contributed by atoms with E-state index >= 15 is 0 Å². The number of furan rings is 1. The highest BCUT2D eigenvalue weighted by atomic mass is 16.3. The Kier molecular flexibility index (Phi) is 7.29. The molecule has 1 fully saturated rings. The van der Waals surface area contributed by atoms with Gasteiger partial charge < -0.3 is 14.6 Å². The third-order valence-corrected chi connectivity index (χ3v) is 5.35. The van der Waals surface area contributed by atoms with E-state index in [9.17, 15) is 9.59 Å². The van der Waals surface area contributed by atoms with E-state index in [1.807, 2.05) is 47.4 Å². The molecule has 0 atom stereocenters. The van der Waals surface area contributed by atoms with Gasteiger partial charge in [0.25, 0.3) is 0 Å². The Labute approximate surface area is 167 Å². The van der Waals surface area contributed by atoms with Crippen LogP contribution in [0.2, 0.25) is 0 Å². The van der Waals surface area contributed by atoms with Crippen molar-refractivity contribution in [1.29, 1.82) is 0 Å². The maximum absolute atomic E-state index is 12.5. The molecule has 0 radical (unpaired) electrons. The van der Waals surface area contributed by atoms with Gasteiger partial charge in [0.15, 0.2) is 0 Å². The van der Waals surface area contributed by atoms with Gasteiger partial charge in [0.05, 0.1) is 0 Å². The maximum Gasteiger partial charge on any atom is 0.223 e. The highest BCUT2D eigenvalue weighted by molar-refractivity contribution is 5.80. The van der Waals surface area contributed by atoms with Crippen LogP contribution in [-0.4, -0.2) is 36.3 Å². The molecule has 3 rings (SSSR count). The molecule has 0 unspecified atom stereocenters. The van der Waals surface area contributed by atoms with Crippen molar-refractivity contribution in [2.24, 2.45) is 5.92 Å². The first-order chi connectivity index (χ1) is 13.7. The zero-order valence-electron chi connectivity index (χ0n) is 16.7. The summed E-state index contributed by atoms with van der Waals surface area (Å²) < 4.78 is 5.88. The Bertz CT molecular complexity index is 761. The van der Waals surface area contributed by atoms with Crippen LogP contribution in [0.1, 0.15) is 44.8 Å². The number of hydrogen-bond acceptors (Lipinski definition) is 3. The van der Waals surface area contributed by atoms with Crippen LogP contribution < -0.4 is 5.32 Å². The second-order valence-corrected chi connectivity index (χ2v) is 7.43. The van der Waals surface area contributed by atoms with Gasteiger partial charge >= 0.3 is 0 Å². The van der Waals surface area contributed by atoms with Crippen molar-refractivity contribution in [2.45, 2.75) is 45.4 Å². The van der Waals surface area contributed by atoms with Crippen molar-refractivity contribution < 1.29 is 14.0 Å². The van der Waals surface area contributed by atoms with Crippen LogP contribution in [0.15, 0.2) is 46.9 Å². The molecule has 1 N–H and O–H groups in total. The second-order valence-electron chi connectivity index (χ2n) is 7.43. The lowest BCUT2D eigenvalue weighted by Gasteiger charge is -2.31. The summed E-state index contributed by atoms with van der Waals surface area (Å²) in [6.07, 6.45) is 4.64. The average Bonchev–Trinajstić information content (AvgIpc) is 3.22. The Hall–Kier alpha value is -2.56. The highest BCUT2D eigenvalue weighted by Gasteiger charge is 2.27. The minimum absolute atomic E-state index is 0.0411. The monoisotopic (exact) mass is 382 g/mol. The number of nitrogens with one attached hydrogen (secondary N) is 1. The van der Waals surface area contributed by atoms with Gasteiger partial charge in [-0.2, -0.15) is 0 Å². The van der Waals surface area contributed by atoms with Crippen LogP contribution in [0.5, 0.6) is 0 Å². The molecule has 5 heteroatoms. The van der Waals surface area contributed by atoms with Gasteiger partial charge in [-0.15, -0.1) is 0 Å².